The Morgan fingerprint density at radius 3 is 1.12 bits per heavy atom. The van der Waals surface area contributed by atoms with E-state index >= 15 is 0 Å². The molecule has 3 aliphatic rings. The molecule has 0 aromatic carbocycles. The molecule has 0 bridgehead atoms. The Bertz CT molecular complexity index is 2490. The van der Waals surface area contributed by atoms with E-state index in [0.29, 0.717) is 12.8 Å². The van der Waals surface area contributed by atoms with Crippen LogP contribution < -0.4 is 5.32 Å². The summed E-state index contributed by atoms with van der Waals surface area (Å²) in [5.41, 5.74) is 0. The molecule has 0 saturated carbocycles. The molecule has 3 heterocycles. The zero-order valence-electron chi connectivity index (χ0n) is 58.4. The number of carbonyl (C=O) groups excluding carboxylic acids is 1. The van der Waals surface area contributed by atoms with Crippen LogP contribution in [0.15, 0.2) is 182 Å². The second kappa shape index (κ2) is 57.5. The first-order chi connectivity index (χ1) is 47.8. The van der Waals surface area contributed by atoms with Gasteiger partial charge in [-0.25, -0.2) is 0 Å². The molecule has 17 unspecified atom stereocenters. The van der Waals surface area contributed by atoms with Crippen LogP contribution >= 0.6 is 0 Å². The van der Waals surface area contributed by atoms with Crippen LogP contribution in [0.1, 0.15) is 174 Å². The Hall–Kier alpha value is -5.11. The maximum Gasteiger partial charge on any atom is 0.220 e. The molecule has 19 heteroatoms. The standard InChI is InChI=1S/C79H123NO18/c1-3-5-7-9-11-13-15-17-19-20-21-22-23-24-25-26-27-28-29-30-31-32-33-34-35-36-37-38-39-40-41-42-43-45-47-49-51-53-55-57-67(85)80-62(63(84)56-54-52-50-48-46-44-18-16-14-12-10-8-6-4-2)61-93-77-73(91)70(88)75(65(59-82)95-77)98-79-74(92)71(89)76(66(60-83)96-79)97-78-72(90)69(87)68(86)64(58-81)94-78/h5,7,11,13-14,16-17,19,21-22,24-25,27-28,30-31,33-34,36-37,39-40,42-43,46-49,54,56,62-66,68-79,81-84,86-92H,3-4,6,8-10,12,15,18,20,23,26,29,32,35,38,41,44-45,50-53,55,57-61H2,1-2H3,(H,80,85)/b7-5-,13-11-,16-14+,19-17-,22-21-,25-24-,28-27-,31-30-,34-33-,37-36-,40-39-,43-42-,48-46+,49-47-,56-54+. The van der Waals surface area contributed by atoms with E-state index in [-0.39, 0.29) is 12.3 Å². The van der Waals surface area contributed by atoms with Crippen molar-refractivity contribution in [1.29, 1.82) is 0 Å². The largest absolute Gasteiger partial charge is 0.394 e. The molecule has 3 rings (SSSR count). The van der Waals surface area contributed by atoms with Crippen molar-refractivity contribution in [3.63, 3.8) is 0 Å². The lowest BCUT2D eigenvalue weighted by Gasteiger charge is -2.48. The van der Waals surface area contributed by atoms with Crippen LogP contribution in [0.4, 0.5) is 0 Å². The molecule has 0 aliphatic carbocycles. The van der Waals surface area contributed by atoms with Crippen molar-refractivity contribution in [3.8, 4) is 0 Å². The van der Waals surface area contributed by atoms with Gasteiger partial charge in [0.1, 0.15) is 73.2 Å². The molecule has 552 valence electrons. The zero-order valence-corrected chi connectivity index (χ0v) is 58.4. The molecule has 12 N–H and O–H groups in total. The van der Waals surface area contributed by atoms with Gasteiger partial charge in [0.05, 0.1) is 38.6 Å². The Kier molecular flexibility index (Phi) is 51.1. The first kappa shape index (κ1) is 87.1. The van der Waals surface area contributed by atoms with Crippen LogP contribution in [-0.2, 0) is 33.2 Å². The summed E-state index contributed by atoms with van der Waals surface area (Å²) in [6, 6.07) is -1.03. The van der Waals surface area contributed by atoms with Crippen molar-refractivity contribution in [2.75, 3.05) is 26.4 Å². The van der Waals surface area contributed by atoms with E-state index in [0.717, 1.165) is 116 Å². The summed E-state index contributed by atoms with van der Waals surface area (Å²) in [6.45, 7) is 1.49. The maximum absolute atomic E-state index is 13.4. The third kappa shape index (κ3) is 38.1. The summed E-state index contributed by atoms with van der Waals surface area (Å²) in [7, 11) is 0. The van der Waals surface area contributed by atoms with Crippen molar-refractivity contribution < 1.29 is 89.4 Å². The van der Waals surface area contributed by atoms with Crippen LogP contribution in [-0.4, -0.2) is 193 Å². The van der Waals surface area contributed by atoms with E-state index in [4.69, 9.17) is 28.4 Å². The second-order valence-corrected chi connectivity index (χ2v) is 24.6. The first-order valence-corrected chi connectivity index (χ1v) is 36.0. The summed E-state index contributed by atoms with van der Waals surface area (Å²) in [5.74, 6) is -0.342. The minimum Gasteiger partial charge on any atom is -0.394 e. The average molecular weight is 1370 g/mol. The summed E-state index contributed by atoms with van der Waals surface area (Å²) < 4.78 is 34.2. The fourth-order valence-electron chi connectivity index (χ4n) is 10.6. The number of hydrogen-bond acceptors (Lipinski definition) is 18. The number of carbonyl (C=O) groups is 1. The van der Waals surface area contributed by atoms with Crippen LogP contribution in [0.25, 0.3) is 0 Å². The molecule has 3 saturated heterocycles. The molecule has 3 aliphatic heterocycles. The van der Waals surface area contributed by atoms with E-state index in [2.05, 4.69) is 189 Å². The Morgan fingerprint density at radius 1 is 0.378 bits per heavy atom. The monoisotopic (exact) mass is 1370 g/mol. The maximum atomic E-state index is 13.4. The molecule has 0 radical (unpaired) electrons. The van der Waals surface area contributed by atoms with E-state index in [9.17, 15) is 61.0 Å². The number of allylic oxidation sites excluding steroid dienone is 29. The van der Waals surface area contributed by atoms with Crippen molar-refractivity contribution in [2.24, 2.45) is 0 Å². The van der Waals surface area contributed by atoms with Gasteiger partial charge in [-0.1, -0.05) is 215 Å². The van der Waals surface area contributed by atoms with E-state index in [1.54, 1.807) is 6.08 Å². The highest BCUT2D eigenvalue weighted by molar-refractivity contribution is 5.76. The zero-order chi connectivity index (χ0) is 71.1. The normalized spacial score (nSPS) is 27.9. The number of amides is 1. The highest BCUT2D eigenvalue weighted by Crippen LogP contribution is 2.33. The van der Waals surface area contributed by atoms with Gasteiger partial charge in [-0.3, -0.25) is 4.79 Å². The fraction of sp³-hybridized carbons (Fsp3) is 0.608. The SMILES string of the molecule is CC/C=C\C/C=C\C/C=C\C/C=C\C/C=C\C/C=C\C/C=C\C/C=C\C/C=C\C/C=C\C/C=C\C/C=C\CCCCC(=O)NC(COC1OC(CO)C(OC2OC(CO)C(OC3OC(CO)C(O)C(O)C3O)C(O)C2O)C(O)C1O)C(O)/C=C/CC/C=C/CC/C=C/CCCCCC. The number of hydrogen-bond donors (Lipinski definition) is 12. The molecule has 98 heavy (non-hydrogen) atoms. The molecule has 0 spiro atoms. The Labute approximate surface area is 585 Å². The van der Waals surface area contributed by atoms with Gasteiger partial charge in [0.15, 0.2) is 18.9 Å². The van der Waals surface area contributed by atoms with Gasteiger partial charge in [0.25, 0.3) is 0 Å². The molecule has 0 aromatic heterocycles. The second-order valence-electron chi connectivity index (χ2n) is 24.6. The molecule has 1 amide bonds. The molecule has 19 nitrogen and oxygen atoms in total. The summed E-state index contributed by atoms with van der Waals surface area (Å²) >= 11 is 0. The Morgan fingerprint density at radius 2 is 0.714 bits per heavy atom. The number of aliphatic hydroxyl groups excluding tert-OH is 11. The van der Waals surface area contributed by atoms with Gasteiger partial charge in [-0.15, -0.1) is 0 Å². The average Bonchev–Trinajstić information content (AvgIpc) is 0.785. The first-order valence-electron chi connectivity index (χ1n) is 36.0. The Balaban J connectivity index is 1.39. The van der Waals surface area contributed by atoms with Crippen molar-refractivity contribution in [1.82, 2.24) is 5.32 Å². The van der Waals surface area contributed by atoms with Gasteiger partial charge in [0, 0.05) is 6.42 Å². The van der Waals surface area contributed by atoms with E-state index in [1.165, 1.54) is 25.7 Å². The summed E-state index contributed by atoms with van der Waals surface area (Å²) in [5, 5.41) is 120. The molecule has 3 fully saturated rings. The number of nitrogens with one attached hydrogen (secondary N) is 1. The third-order valence-electron chi connectivity index (χ3n) is 16.4. The summed E-state index contributed by atoms with van der Waals surface area (Å²) in [6.07, 6.45) is 60.3. The quantitative estimate of drug-likeness (QED) is 0.0199. The minimum atomic E-state index is -2.00. The third-order valence-corrected chi connectivity index (χ3v) is 16.4. The number of ether oxygens (including phenoxy) is 6. The number of unbranched alkanes of at least 4 members (excludes halogenated alkanes) is 8. The van der Waals surface area contributed by atoms with Crippen LogP contribution in [0, 0.1) is 0 Å². The van der Waals surface area contributed by atoms with Crippen molar-refractivity contribution in [2.45, 2.75) is 279 Å². The van der Waals surface area contributed by atoms with Crippen molar-refractivity contribution in [3.05, 3.63) is 182 Å². The van der Waals surface area contributed by atoms with Crippen LogP contribution in [0.3, 0.4) is 0 Å². The molecular weight excluding hydrogens is 1250 g/mol. The van der Waals surface area contributed by atoms with Gasteiger partial charge < -0.3 is 89.9 Å². The van der Waals surface area contributed by atoms with Crippen LogP contribution in [0.2, 0.25) is 0 Å². The van der Waals surface area contributed by atoms with E-state index in [1.807, 2.05) is 6.08 Å². The molecule has 0 aromatic rings. The predicted octanol–water partition coefficient (Wildman–Crippen LogP) is 10.4. The lowest BCUT2D eigenvalue weighted by molar-refractivity contribution is -0.379. The van der Waals surface area contributed by atoms with Gasteiger partial charge in [0.2, 0.25) is 5.91 Å². The van der Waals surface area contributed by atoms with Crippen LogP contribution in [0.5, 0.6) is 0 Å². The van der Waals surface area contributed by atoms with Gasteiger partial charge in [-0.2, -0.15) is 0 Å². The molecule has 17 atom stereocenters. The fourth-order valence-corrected chi connectivity index (χ4v) is 10.6. The summed E-state index contributed by atoms with van der Waals surface area (Å²) in [4.78, 5) is 13.4. The lowest BCUT2D eigenvalue weighted by atomic mass is 9.96. The lowest BCUT2D eigenvalue weighted by Crippen LogP contribution is -2.66. The van der Waals surface area contributed by atoms with Gasteiger partial charge >= 0.3 is 0 Å². The predicted molar refractivity (Wildman–Crippen MR) is 387 cm³/mol. The van der Waals surface area contributed by atoms with Gasteiger partial charge in [-0.05, 0) is 135 Å². The van der Waals surface area contributed by atoms with E-state index < -0.39 is 131 Å². The van der Waals surface area contributed by atoms with Crippen molar-refractivity contribution >= 4 is 5.91 Å². The number of rotatable bonds is 52. The smallest absolute Gasteiger partial charge is 0.220 e. The minimum absolute atomic E-state index is 0.163. The number of aliphatic hydroxyl groups is 11. The topological polar surface area (TPSA) is 307 Å². The highest BCUT2D eigenvalue weighted by Gasteiger charge is 2.53. The highest BCUT2D eigenvalue weighted by atomic mass is 16.8. The molecular formula is C79H123NO18.